The summed E-state index contributed by atoms with van der Waals surface area (Å²) in [5.74, 6) is -0.678. The van der Waals surface area contributed by atoms with Gasteiger partial charge in [0.2, 0.25) is 0 Å². The zero-order valence-electron chi connectivity index (χ0n) is 6.65. The van der Waals surface area contributed by atoms with Gasteiger partial charge >= 0.3 is 6.18 Å². The van der Waals surface area contributed by atoms with Crippen LogP contribution in [-0.4, -0.2) is 11.3 Å². The summed E-state index contributed by atoms with van der Waals surface area (Å²) in [5.41, 5.74) is -0.397. The first kappa shape index (κ1) is 11.5. The summed E-state index contributed by atoms with van der Waals surface area (Å²) >= 11 is 2.73. The van der Waals surface area contributed by atoms with Gasteiger partial charge in [-0.3, -0.25) is 0 Å². The molecule has 14 heavy (non-hydrogen) atoms. The molecule has 1 aromatic rings. The molecule has 1 unspecified atom stereocenters. The predicted octanol–water partition coefficient (Wildman–Crippen LogP) is 3.18. The fourth-order valence-corrected chi connectivity index (χ4v) is 1.27. The van der Waals surface area contributed by atoms with Crippen LogP contribution in [0, 0.1) is 5.82 Å². The summed E-state index contributed by atoms with van der Waals surface area (Å²) in [6, 6.07) is 2.64. The van der Waals surface area contributed by atoms with E-state index in [9.17, 15) is 17.6 Å². The van der Waals surface area contributed by atoms with E-state index in [1.807, 2.05) is 0 Å². The Labute approximate surface area is 85.5 Å². The number of rotatable bonds is 1. The van der Waals surface area contributed by atoms with Crippen LogP contribution in [0.3, 0.4) is 0 Å². The minimum atomic E-state index is -4.74. The van der Waals surface area contributed by atoms with Gasteiger partial charge in [0.15, 0.2) is 6.10 Å². The van der Waals surface area contributed by atoms with Crippen molar-refractivity contribution in [2.45, 2.75) is 12.3 Å². The molecule has 0 aromatic heterocycles. The lowest BCUT2D eigenvalue weighted by Gasteiger charge is -2.14. The van der Waals surface area contributed by atoms with E-state index in [0.717, 1.165) is 18.2 Å². The number of hydrogen-bond donors (Lipinski definition) is 1. The summed E-state index contributed by atoms with van der Waals surface area (Å²) in [7, 11) is 0. The Balaban J connectivity index is 3.03. The van der Waals surface area contributed by atoms with Crippen molar-refractivity contribution in [3.63, 3.8) is 0 Å². The Hall–Kier alpha value is -0.620. The van der Waals surface area contributed by atoms with E-state index in [2.05, 4.69) is 15.9 Å². The zero-order valence-corrected chi connectivity index (χ0v) is 8.23. The van der Waals surface area contributed by atoms with Gasteiger partial charge < -0.3 is 5.11 Å². The molecule has 0 aliphatic rings. The number of alkyl halides is 3. The molecule has 1 atom stereocenters. The molecule has 0 radical (unpaired) electrons. The molecule has 1 rings (SSSR count). The molecule has 0 spiro atoms. The first-order chi connectivity index (χ1) is 6.32. The van der Waals surface area contributed by atoms with Gasteiger partial charge in [0.05, 0.1) is 4.47 Å². The van der Waals surface area contributed by atoms with Gasteiger partial charge in [-0.15, -0.1) is 0 Å². The third kappa shape index (κ3) is 2.45. The number of aliphatic hydroxyl groups is 1. The summed E-state index contributed by atoms with van der Waals surface area (Å²) < 4.78 is 48.6. The third-order valence-electron chi connectivity index (χ3n) is 1.57. The highest BCUT2D eigenvalue weighted by atomic mass is 79.9. The highest BCUT2D eigenvalue weighted by Crippen LogP contribution is 2.33. The molecule has 0 aliphatic carbocycles. The first-order valence-corrected chi connectivity index (χ1v) is 4.31. The van der Waals surface area contributed by atoms with E-state index >= 15 is 0 Å². The fraction of sp³-hybridized carbons (Fsp3) is 0.250. The van der Waals surface area contributed by atoms with E-state index in [0.29, 0.717) is 0 Å². The largest absolute Gasteiger partial charge is 0.418 e. The van der Waals surface area contributed by atoms with E-state index < -0.39 is 23.7 Å². The number of benzene rings is 1. The SMILES string of the molecule is OC(c1ccc(F)c(Br)c1)C(F)(F)F. The molecule has 78 valence electrons. The lowest BCUT2D eigenvalue weighted by molar-refractivity contribution is -0.206. The van der Waals surface area contributed by atoms with Gasteiger partial charge in [-0.05, 0) is 33.6 Å². The molecular weight excluding hydrogens is 268 g/mol. The minimum Gasteiger partial charge on any atom is -0.379 e. The van der Waals surface area contributed by atoms with Gasteiger partial charge in [0.1, 0.15) is 5.82 Å². The molecule has 0 fully saturated rings. The monoisotopic (exact) mass is 272 g/mol. The summed E-state index contributed by atoms with van der Waals surface area (Å²) in [5, 5.41) is 8.80. The van der Waals surface area contributed by atoms with Gasteiger partial charge in [-0.1, -0.05) is 6.07 Å². The van der Waals surface area contributed by atoms with E-state index in [1.54, 1.807) is 0 Å². The van der Waals surface area contributed by atoms with Crippen LogP contribution in [0.25, 0.3) is 0 Å². The Morgan fingerprint density at radius 3 is 2.29 bits per heavy atom. The maximum Gasteiger partial charge on any atom is 0.418 e. The number of aliphatic hydroxyl groups excluding tert-OH is 1. The van der Waals surface area contributed by atoms with Crippen molar-refractivity contribution in [3.05, 3.63) is 34.1 Å². The first-order valence-electron chi connectivity index (χ1n) is 3.52. The standard InChI is InChI=1S/C8H5BrF4O/c9-5-3-4(1-2-6(5)10)7(14)8(11,12)13/h1-3,7,14H. The Bertz CT molecular complexity index is 337. The van der Waals surface area contributed by atoms with Crippen LogP contribution in [-0.2, 0) is 0 Å². The van der Waals surface area contributed by atoms with Crippen LogP contribution < -0.4 is 0 Å². The second kappa shape index (κ2) is 3.86. The summed E-state index contributed by atoms with van der Waals surface area (Å²) in [6.45, 7) is 0. The quantitative estimate of drug-likeness (QED) is 0.779. The van der Waals surface area contributed by atoms with Crippen molar-refractivity contribution in [2.75, 3.05) is 0 Å². The van der Waals surface area contributed by atoms with Crippen LogP contribution in [0.15, 0.2) is 22.7 Å². The van der Waals surface area contributed by atoms with Crippen molar-refractivity contribution in [1.82, 2.24) is 0 Å². The molecule has 0 heterocycles. The van der Waals surface area contributed by atoms with Crippen molar-refractivity contribution >= 4 is 15.9 Å². The van der Waals surface area contributed by atoms with Crippen molar-refractivity contribution in [3.8, 4) is 0 Å². The molecule has 1 N–H and O–H groups in total. The smallest absolute Gasteiger partial charge is 0.379 e. The summed E-state index contributed by atoms with van der Waals surface area (Å²) in [6.07, 6.45) is -7.32. The van der Waals surface area contributed by atoms with Crippen molar-refractivity contribution < 1.29 is 22.7 Å². The fourth-order valence-electron chi connectivity index (χ4n) is 0.871. The molecule has 0 amide bonds. The highest BCUT2D eigenvalue weighted by Gasteiger charge is 2.39. The van der Waals surface area contributed by atoms with Gasteiger partial charge in [-0.25, -0.2) is 4.39 Å². The lowest BCUT2D eigenvalue weighted by Crippen LogP contribution is -2.20. The van der Waals surface area contributed by atoms with E-state index in [4.69, 9.17) is 5.11 Å². The predicted molar refractivity (Wildman–Crippen MR) is 45.1 cm³/mol. The Morgan fingerprint density at radius 1 is 1.29 bits per heavy atom. The van der Waals surface area contributed by atoms with Crippen molar-refractivity contribution in [1.29, 1.82) is 0 Å². The second-order valence-corrected chi connectivity index (χ2v) is 3.47. The lowest BCUT2D eigenvalue weighted by atomic mass is 10.1. The maximum absolute atomic E-state index is 12.6. The molecule has 0 bridgehead atoms. The van der Waals surface area contributed by atoms with Gasteiger partial charge in [0, 0.05) is 0 Å². The van der Waals surface area contributed by atoms with Crippen LogP contribution in [0.5, 0.6) is 0 Å². The van der Waals surface area contributed by atoms with E-state index in [-0.39, 0.29) is 4.47 Å². The minimum absolute atomic E-state index is 0.113. The molecular formula is C8H5BrF4O. The Kier molecular flexibility index (Phi) is 3.16. The van der Waals surface area contributed by atoms with Crippen LogP contribution in [0.1, 0.15) is 11.7 Å². The maximum atomic E-state index is 12.6. The average Bonchev–Trinajstić information content (AvgIpc) is 2.07. The molecule has 0 aliphatic heterocycles. The highest BCUT2D eigenvalue weighted by molar-refractivity contribution is 9.10. The van der Waals surface area contributed by atoms with Crippen LogP contribution in [0.4, 0.5) is 17.6 Å². The average molecular weight is 273 g/mol. The Morgan fingerprint density at radius 2 is 1.86 bits per heavy atom. The molecule has 0 saturated heterocycles. The van der Waals surface area contributed by atoms with Crippen LogP contribution >= 0.6 is 15.9 Å². The molecule has 0 saturated carbocycles. The molecule has 1 nitrogen and oxygen atoms in total. The van der Waals surface area contributed by atoms with Gasteiger partial charge in [0.25, 0.3) is 0 Å². The zero-order chi connectivity index (χ0) is 10.9. The number of hydrogen-bond acceptors (Lipinski definition) is 1. The van der Waals surface area contributed by atoms with Crippen LogP contribution in [0.2, 0.25) is 0 Å². The molecule has 6 heteroatoms. The van der Waals surface area contributed by atoms with Gasteiger partial charge in [-0.2, -0.15) is 13.2 Å². The van der Waals surface area contributed by atoms with Crippen molar-refractivity contribution in [2.24, 2.45) is 0 Å². The summed E-state index contributed by atoms with van der Waals surface area (Å²) in [4.78, 5) is 0. The number of halogens is 5. The molecule has 1 aromatic carbocycles. The third-order valence-corrected chi connectivity index (χ3v) is 2.18. The van der Waals surface area contributed by atoms with E-state index in [1.165, 1.54) is 0 Å². The second-order valence-electron chi connectivity index (χ2n) is 2.62. The topological polar surface area (TPSA) is 20.2 Å². The normalized spacial score (nSPS) is 14.1.